The molecule has 0 spiro atoms. The lowest BCUT2D eigenvalue weighted by Gasteiger charge is -2.27. The predicted octanol–water partition coefficient (Wildman–Crippen LogP) is 4.26. The highest BCUT2D eigenvalue weighted by Gasteiger charge is 2.40. The minimum atomic E-state index is 0.458. The molecule has 4 atom stereocenters. The third-order valence-corrected chi connectivity index (χ3v) is 5.36. The fourth-order valence-corrected chi connectivity index (χ4v) is 4.35. The van der Waals surface area contributed by atoms with Crippen LogP contribution in [0, 0.1) is 24.7 Å². The van der Waals surface area contributed by atoms with E-state index in [0.29, 0.717) is 6.04 Å². The number of aromatic nitrogens is 1. The van der Waals surface area contributed by atoms with Crippen LogP contribution in [-0.4, -0.2) is 11.5 Å². The smallest absolute Gasteiger partial charge is 0.0575 e. The summed E-state index contributed by atoms with van der Waals surface area (Å²) in [7, 11) is 0. The molecule has 0 aliphatic heterocycles. The summed E-state index contributed by atoms with van der Waals surface area (Å²) < 4.78 is 0. The summed E-state index contributed by atoms with van der Waals surface area (Å²) in [6.07, 6.45) is 10.4. The molecule has 0 saturated heterocycles. The summed E-state index contributed by atoms with van der Waals surface area (Å²) in [5, 5.41) is 3.74. The van der Waals surface area contributed by atoms with Gasteiger partial charge in [-0.3, -0.25) is 4.98 Å². The molecule has 3 rings (SSSR count). The molecule has 2 saturated carbocycles. The first-order valence-corrected chi connectivity index (χ1v) is 8.42. The number of nitrogens with one attached hydrogen (secondary N) is 1. The Morgan fingerprint density at radius 2 is 2.25 bits per heavy atom. The molecule has 2 fully saturated rings. The van der Waals surface area contributed by atoms with Crippen molar-refractivity contribution in [2.24, 2.45) is 17.8 Å². The third-order valence-electron chi connectivity index (χ3n) is 5.36. The van der Waals surface area contributed by atoms with Gasteiger partial charge in [0.25, 0.3) is 0 Å². The van der Waals surface area contributed by atoms with E-state index in [-0.39, 0.29) is 0 Å². The molecule has 20 heavy (non-hydrogen) atoms. The van der Waals surface area contributed by atoms with Crippen LogP contribution in [-0.2, 0) is 0 Å². The van der Waals surface area contributed by atoms with E-state index in [1.54, 1.807) is 0 Å². The Hall–Kier alpha value is -0.890. The van der Waals surface area contributed by atoms with Gasteiger partial charge in [0, 0.05) is 12.2 Å². The van der Waals surface area contributed by atoms with Crippen LogP contribution in [0.1, 0.15) is 62.7 Å². The molecule has 0 radical (unpaired) electrons. The molecule has 2 heteroatoms. The van der Waals surface area contributed by atoms with Crippen molar-refractivity contribution in [2.75, 3.05) is 6.54 Å². The molecule has 1 N–H and O–H groups in total. The van der Waals surface area contributed by atoms with Gasteiger partial charge in [0.05, 0.1) is 5.69 Å². The Kier molecular flexibility index (Phi) is 4.40. The monoisotopic (exact) mass is 272 g/mol. The molecular formula is C18H28N2. The summed E-state index contributed by atoms with van der Waals surface area (Å²) in [4.78, 5) is 4.63. The van der Waals surface area contributed by atoms with Gasteiger partial charge in [-0.25, -0.2) is 0 Å². The predicted molar refractivity (Wildman–Crippen MR) is 83.6 cm³/mol. The number of rotatable bonds is 6. The van der Waals surface area contributed by atoms with E-state index in [0.717, 1.165) is 24.3 Å². The molecule has 0 amide bonds. The van der Waals surface area contributed by atoms with Gasteiger partial charge in [-0.15, -0.1) is 0 Å². The Bertz CT molecular complexity index is 443. The lowest BCUT2D eigenvalue weighted by atomic mass is 9.83. The van der Waals surface area contributed by atoms with Crippen LogP contribution in [0.15, 0.2) is 18.3 Å². The van der Waals surface area contributed by atoms with Crippen LogP contribution in [0.25, 0.3) is 0 Å². The van der Waals surface area contributed by atoms with E-state index in [1.165, 1.54) is 49.8 Å². The molecule has 2 aliphatic carbocycles. The van der Waals surface area contributed by atoms with Crippen molar-refractivity contribution in [1.82, 2.24) is 10.3 Å². The van der Waals surface area contributed by atoms with Crippen LogP contribution in [0.3, 0.4) is 0 Å². The normalized spacial score (nSPS) is 29.8. The van der Waals surface area contributed by atoms with Gasteiger partial charge in [0.15, 0.2) is 0 Å². The van der Waals surface area contributed by atoms with Gasteiger partial charge >= 0.3 is 0 Å². The zero-order valence-corrected chi connectivity index (χ0v) is 12.9. The quantitative estimate of drug-likeness (QED) is 0.837. The van der Waals surface area contributed by atoms with Crippen molar-refractivity contribution in [3.05, 3.63) is 29.6 Å². The number of nitrogens with zero attached hydrogens (tertiary/aromatic N) is 1. The molecule has 1 aromatic heterocycles. The maximum absolute atomic E-state index is 4.63. The zero-order valence-electron chi connectivity index (χ0n) is 12.9. The first kappa shape index (κ1) is 14.1. The van der Waals surface area contributed by atoms with Crippen molar-refractivity contribution in [2.45, 2.75) is 58.4 Å². The second-order valence-corrected chi connectivity index (χ2v) is 6.94. The minimum absolute atomic E-state index is 0.458. The number of pyridine rings is 1. The average molecular weight is 272 g/mol. The lowest BCUT2D eigenvalue weighted by Crippen LogP contribution is -2.27. The summed E-state index contributed by atoms with van der Waals surface area (Å²) in [6.45, 7) is 5.51. The number of hydrogen-bond donors (Lipinski definition) is 1. The number of fused-ring (bicyclic) bond motifs is 2. The van der Waals surface area contributed by atoms with Crippen LogP contribution in [0.5, 0.6) is 0 Å². The van der Waals surface area contributed by atoms with Gasteiger partial charge in [0.2, 0.25) is 0 Å². The van der Waals surface area contributed by atoms with Gasteiger partial charge in [-0.05, 0) is 81.0 Å². The first-order valence-electron chi connectivity index (χ1n) is 8.42. The topological polar surface area (TPSA) is 24.9 Å². The zero-order chi connectivity index (χ0) is 13.9. The van der Waals surface area contributed by atoms with Crippen LogP contribution in [0.4, 0.5) is 0 Å². The summed E-state index contributed by atoms with van der Waals surface area (Å²) in [5.41, 5.74) is 2.58. The van der Waals surface area contributed by atoms with E-state index in [1.807, 2.05) is 6.20 Å². The van der Waals surface area contributed by atoms with E-state index in [2.05, 4.69) is 36.3 Å². The summed E-state index contributed by atoms with van der Waals surface area (Å²) >= 11 is 0. The molecule has 110 valence electrons. The fraction of sp³-hybridized carbons (Fsp3) is 0.722. The van der Waals surface area contributed by atoms with Gasteiger partial charge in [-0.2, -0.15) is 0 Å². The lowest BCUT2D eigenvalue weighted by molar-refractivity contribution is 0.277. The largest absolute Gasteiger partial charge is 0.309 e. The van der Waals surface area contributed by atoms with Crippen molar-refractivity contribution in [3.8, 4) is 0 Å². The van der Waals surface area contributed by atoms with Crippen LogP contribution >= 0.6 is 0 Å². The molecule has 2 nitrogen and oxygen atoms in total. The van der Waals surface area contributed by atoms with Crippen molar-refractivity contribution < 1.29 is 0 Å². The van der Waals surface area contributed by atoms with Gasteiger partial charge in [-0.1, -0.05) is 13.3 Å². The Balaban J connectivity index is 1.69. The molecule has 2 aliphatic rings. The summed E-state index contributed by atoms with van der Waals surface area (Å²) in [6, 6.07) is 4.82. The highest BCUT2D eigenvalue weighted by Crippen LogP contribution is 2.50. The Labute approximate surface area is 123 Å². The highest BCUT2D eigenvalue weighted by atomic mass is 14.9. The van der Waals surface area contributed by atoms with Gasteiger partial charge in [0.1, 0.15) is 0 Å². The fourth-order valence-electron chi connectivity index (χ4n) is 4.35. The maximum Gasteiger partial charge on any atom is 0.0575 e. The number of hydrogen-bond acceptors (Lipinski definition) is 2. The minimum Gasteiger partial charge on any atom is -0.309 e. The first-order chi connectivity index (χ1) is 9.76. The van der Waals surface area contributed by atoms with E-state index in [9.17, 15) is 0 Å². The molecule has 4 unspecified atom stereocenters. The van der Waals surface area contributed by atoms with Crippen molar-refractivity contribution in [3.63, 3.8) is 0 Å². The number of aryl methyl sites for hydroxylation is 1. The van der Waals surface area contributed by atoms with E-state index >= 15 is 0 Å². The van der Waals surface area contributed by atoms with E-state index in [4.69, 9.17) is 0 Å². The SMILES string of the molecule is CCCNC(CC1CC2CCC1C2)c1cc(C)ccn1. The molecule has 1 heterocycles. The maximum atomic E-state index is 4.63. The van der Waals surface area contributed by atoms with E-state index < -0.39 is 0 Å². The summed E-state index contributed by atoms with van der Waals surface area (Å²) in [5.74, 6) is 2.99. The third kappa shape index (κ3) is 3.06. The molecular weight excluding hydrogens is 244 g/mol. The Morgan fingerprint density at radius 1 is 1.35 bits per heavy atom. The van der Waals surface area contributed by atoms with Crippen molar-refractivity contribution >= 4 is 0 Å². The molecule has 1 aromatic rings. The van der Waals surface area contributed by atoms with Gasteiger partial charge < -0.3 is 5.32 Å². The van der Waals surface area contributed by atoms with Crippen LogP contribution in [0.2, 0.25) is 0 Å². The Morgan fingerprint density at radius 3 is 2.90 bits per heavy atom. The molecule has 0 aromatic carbocycles. The standard InChI is InChI=1S/C18H28N2/c1-3-7-19-18(17-9-13(2)6-8-20-17)12-16-11-14-4-5-15(16)10-14/h6,8-9,14-16,18-19H,3-5,7,10-12H2,1-2H3. The van der Waals surface area contributed by atoms with Crippen molar-refractivity contribution in [1.29, 1.82) is 0 Å². The second kappa shape index (κ2) is 6.26. The van der Waals surface area contributed by atoms with Crippen LogP contribution < -0.4 is 5.32 Å². The molecule has 2 bridgehead atoms. The average Bonchev–Trinajstić information content (AvgIpc) is 3.06. The highest BCUT2D eigenvalue weighted by molar-refractivity contribution is 5.17. The second-order valence-electron chi connectivity index (χ2n) is 6.94.